The van der Waals surface area contributed by atoms with Crippen LogP contribution < -0.4 is 5.32 Å². The molecule has 27 heavy (non-hydrogen) atoms. The highest BCUT2D eigenvalue weighted by atomic mass is 35.5. The van der Waals surface area contributed by atoms with Crippen molar-refractivity contribution in [1.82, 2.24) is 15.0 Å². The van der Waals surface area contributed by atoms with E-state index in [0.29, 0.717) is 11.7 Å². The van der Waals surface area contributed by atoms with Gasteiger partial charge in [-0.05, 0) is 32.2 Å². The van der Waals surface area contributed by atoms with E-state index in [1.165, 1.54) is 6.07 Å². The van der Waals surface area contributed by atoms with Crippen molar-refractivity contribution >= 4 is 23.2 Å². The first-order chi connectivity index (χ1) is 12.5. The lowest BCUT2D eigenvalue weighted by atomic mass is 10.2. The minimum atomic E-state index is -4.60. The smallest absolute Gasteiger partial charge is 0.338 e. The number of alkyl halides is 3. The van der Waals surface area contributed by atoms with Crippen molar-refractivity contribution in [3.63, 3.8) is 0 Å². The van der Waals surface area contributed by atoms with E-state index in [1.54, 1.807) is 18.9 Å². The minimum absolute atomic E-state index is 0.0117. The molecule has 0 aliphatic rings. The normalized spacial score (nSPS) is 13.3. The molecule has 1 N–H and O–H groups in total. The molecule has 148 valence electrons. The van der Waals surface area contributed by atoms with Gasteiger partial charge in [0, 0.05) is 11.6 Å². The van der Waals surface area contributed by atoms with E-state index in [9.17, 15) is 18.0 Å². The molecule has 0 aliphatic carbocycles. The first-order valence-corrected chi connectivity index (χ1v) is 8.57. The monoisotopic (exact) mass is 404 g/mol. The quantitative estimate of drug-likeness (QED) is 0.767. The van der Waals surface area contributed by atoms with Gasteiger partial charge in [-0.3, -0.25) is 9.69 Å². The van der Waals surface area contributed by atoms with Crippen LogP contribution >= 0.6 is 11.6 Å². The third-order valence-corrected chi connectivity index (χ3v) is 4.27. The number of halogens is 4. The molecule has 1 aromatic heterocycles. The number of benzene rings is 1. The second-order valence-corrected chi connectivity index (χ2v) is 6.88. The summed E-state index contributed by atoms with van der Waals surface area (Å²) in [4.78, 5) is 18.1. The van der Waals surface area contributed by atoms with Gasteiger partial charge < -0.3 is 9.84 Å². The predicted octanol–water partition coefficient (Wildman–Crippen LogP) is 4.50. The van der Waals surface area contributed by atoms with Gasteiger partial charge in [-0.2, -0.15) is 18.2 Å². The lowest BCUT2D eigenvalue weighted by Gasteiger charge is -2.21. The van der Waals surface area contributed by atoms with Crippen LogP contribution in [0.3, 0.4) is 0 Å². The summed E-state index contributed by atoms with van der Waals surface area (Å²) < 4.78 is 43.9. The van der Waals surface area contributed by atoms with Gasteiger partial charge >= 0.3 is 6.18 Å². The van der Waals surface area contributed by atoms with E-state index in [2.05, 4.69) is 15.5 Å². The van der Waals surface area contributed by atoms with Crippen LogP contribution in [-0.2, 0) is 11.0 Å². The second kappa shape index (κ2) is 8.26. The molecule has 0 aliphatic heterocycles. The first-order valence-electron chi connectivity index (χ1n) is 8.19. The van der Waals surface area contributed by atoms with Crippen LogP contribution in [0.15, 0.2) is 22.7 Å². The van der Waals surface area contributed by atoms with Crippen LogP contribution in [0.5, 0.6) is 0 Å². The highest BCUT2D eigenvalue weighted by Gasteiger charge is 2.33. The number of carbonyl (C=O) groups excluding carboxylic acids is 1. The summed E-state index contributed by atoms with van der Waals surface area (Å²) in [5.74, 6) is 0.551. The Morgan fingerprint density at radius 3 is 2.56 bits per heavy atom. The first kappa shape index (κ1) is 21.2. The Morgan fingerprint density at radius 1 is 1.33 bits per heavy atom. The Kier molecular flexibility index (Phi) is 6.48. The van der Waals surface area contributed by atoms with Crippen molar-refractivity contribution in [2.24, 2.45) is 0 Å². The maximum atomic E-state index is 12.9. The number of nitrogens with zero attached hydrogens (tertiary/aromatic N) is 3. The molecule has 1 aromatic carbocycles. The summed E-state index contributed by atoms with van der Waals surface area (Å²) in [5, 5.41) is 5.88. The standard InChI is InChI=1S/C17H20ClF3N4O2/c1-9(2)15-23-16(27-24-15)10(3)25(4)8-14(26)22-11-5-6-13(18)12(7-11)17(19,20)21/h5-7,9-10H,8H2,1-4H3,(H,22,26)/t10-/m1/s1. The molecular weight excluding hydrogens is 385 g/mol. The zero-order chi connectivity index (χ0) is 20.4. The van der Waals surface area contributed by atoms with Gasteiger partial charge in [0.15, 0.2) is 5.82 Å². The number of hydrogen-bond donors (Lipinski definition) is 1. The Balaban J connectivity index is 2.02. The van der Waals surface area contributed by atoms with Gasteiger partial charge in [0.25, 0.3) is 0 Å². The molecule has 0 radical (unpaired) electrons. The Labute approximate surface area is 159 Å². The molecule has 1 amide bonds. The molecule has 2 aromatic rings. The van der Waals surface area contributed by atoms with E-state index >= 15 is 0 Å². The minimum Gasteiger partial charge on any atom is -0.338 e. The van der Waals surface area contributed by atoms with E-state index in [1.807, 2.05) is 13.8 Å². The summed E-state index contributed by atoms with van der Waals surface area (Å²) >= 11 is 5.57. The molecule has 2 rings (SSSR count). The van der Waals surface area contributed by atoms with E-state index in [-0.39, 0.29) is 24.2 Å². The number of likely N-dealkylation sites (N-methyl/N-ethyl adjacent to an activating group) is 1. The summed E-state index contributed by atoms with van der Waals surface area (Å²) in [6, 6.07) is 2.87. The van der Waals surface area contributed by atoms with Crippen molar-refractivity contribution in [1.29, 1.82) is 0 Å². The van der Waals surface area contributed by atoms with Crippen LogP contribution in [-0.4, -0.2) is 34.5 Å². The van der Waals surface area contributed by atoms with Crippen LogP contribution in [0.25, 0.3) is 0 Å². The SMILES string of the molecule is CC(C)c1noc([C@@H](C)N(C)CC(=O)Nc2ccc(Cl)c(C(F)(F)F)c2)n1. The number of rotatable bonds is 6. The van der Waals surface area contributed by atoms with Crippen molar-refractivity contribution in [3.8, 4) is 0 Å². The molecule has 6 nitrogen and oxygen atoms in total. The van der Waals surface area contributed by atoms with Crippen molar-refractivity contribution in [2.75, 3.05) is 18.9 Å². The lowest BCUT2D eigenvalue weighted by molar-refractivity contribution is -0.137. The van der Waals surface area contributed by atoms with Crippen molar-refractivity contribution in [2.45, 2.75) is 38.9 Å². The topological polar surface area (TPSA) is 71.3 Å². The van der Waals surface area contributed by atoms with Crippen molar-refractivity contribution < 1.29 is 22.5 Å². The van der Waals surface area contributed by atoms with Crippen LogP contribution in [0.2, 0.25) is 5.02 Å². The van der Waals surface area contributed by atoms with Gasteiger partial charge in [0.2, 0.25) is 11.8 Å². The number of amides is 1. The number of nitrogens with one attached hydrogen (secondary N) is 1. The molecule has 0 saturated heterocycles. The van der Waals surface area contributed by atoms with Crippen LogP contribution in [0.1, 0.15) is 50.0 Å². The zero-order valence-electron chi connectivity index (χ0n) is 15.3. The number of carbonyl (C=O) groups is 1. The third-order valence-electron chi connectivity index (χ3n) is 3.94. The van der Waals surface area contributed by atoms with E-state index in [0.717, 1.165) is 12.1 Å². The summed E-state index contributed by atoms with van der Waals surface area (Å²) in [6.07, 6.45) is -4.60. The van der Waals surface area contributed by atoms with Crippen LogP contribution in [0.4, 0.5) is 18.9 Å². The zero-order valence-corrected chi connectivity index (χ0v) is 16.0. The third kappa shape index (κ3) is 5.43. The van der Waals surface area contributed by atoms with E-state index in [4.69, 9.17) is 16.1 Å². The Bertz CT molecular complexity index is 808. The largest absolute Gasteiger partial charge is 0.417 e. The fraction of sp³-hybridized carbons (Fsp3) is 0.471. The molecule has 1 atom stereocenters. The summed E-state index contributed by atoms with van der Waals surface area (Å²) in [7, 11) is 1.67. The molecule has 0 fully saturated rings. The number of anilines is 1. The maximum Gasteiger partial charge on any atom is 0.417 e. The van der Waals surface area contributed by atoms with Gasteiger partial charge in [0.05, 0.1) is 23.2 Å². The fourth-order valence-corrected chi connectivity index (χ4v) is 2.45. The molecular formula is C17H20ClF3N4O2. The van der Waals surface area contributed by atoms with Gasteiger partial charge in [0.1, 0.15) is 0 Å². The average Bonchev–Trinajstić information content (AvgIpc) is 3.05. The maximum absolute atomic E-state index is 12.9. The predicted molar refractivity (Wildman–Crippen MR) is 94.5 cm³/mol. The molecule has 10 heteroatoms. The highest BCUT2D eigenvalue weighted by Crippen LogP contribution is 2.36. The van der Waals surface area contributed by atoms with Gasteiger partial charge in [-0.25, -0.2) is 0 Å². The fourth-order valence-electron chi connectivity index (χ4n) is 2.22. The number of hydrogen-bond acceptors (Lipinski definition) is 5. The average molecular weight is 405 g/mol. The van der Waals surface area contributed by atoms with Gasteiger partial charge in [-0.1, -0.05) is 30.6 Å². The molecule has 0 saturated carbocycles. The van der Waals surface area contributed by atoms with Crippen molar-refractivity contribution in [3.05, 3.63) is 40.5 Å². The van der Waals surface area contributed by atoms with Gasteiger partial charge in [-0.15, -0.1) is 0 Å². The van der Waals surface area contributed by atoms with E-state index < -0.39 is 22.7 Å². The highest BCUT2D eigenvalue weighted by molar-refractivity contribution is 6.31. The Hall–Kier alpha value is -2.13. The Morgan fingerprint density at radius 2 is 2.00 bits per heavy atom. The second-order valence-electron chi connectivity index (χ2n) is 6.48. The lowest BCUT2D eigenvalue weighted by Crippen LogP contribution is -2.32. The number of aromatic nitrogens is 2. The van der Waals surface area contributed by atoms with Crippen LogP contribution in [0, 0.1) is 0 Å². The molecule has 0 spiro atoms. The summed E-state index contributed by atoms with van der Waals surface area (Å²) in [6.45, 7) is 5.56. The molecule has 0 bridgehead atoms. The molecule has 1 heterocycles. The summed E-state index contributed by atoms with van der Waals surface area (Å²) in [5.41, 5.74) is -0.992. The molecule has 0 unspecified atom stereocenters.